The number of hydrogen-bond acceptors (Lipinski definition) is 4. The lowest BCUT2D eigenvalue weighted by Gasteiger charge is -2.05. The Bertz CT molecular complexity index is 978. The molecule has 0 spiro atoms. The van der Waals surface area contributed by atoms with Crippen LogP contribution in [-0.4, -0.2) is 9.97 Å². The molecule has 5 heteroatoms. The number of nitrogens with two attached hydrogens (primary N) is 1. The van der Waals surface area contributed by atoms with Crippen LogP contribution in [0.4, 0.5) is 5.82 Å². The zero-order valence-electron chi connectivity index (χ0n) is 10.9. The molecule has 2 N–H and O–H groups in total. The number of halogens is 1. The summed E-state index contributed by atoms with van der Waals surface area (Å²) in [5, 5.41) is 4.63. The first-order chi connectivity index (χ1) is 10.2. The van der Waals surface area contributed by atoms with Gasteiger partial charge in [0.1, 0.15) is 5.82 Å². The van der Waals surface area contributed by atoms with Crippen LogP contribution in [0.5, 0.6) is 0 Å². The maximum absolute atomic E-state index is 6.07. The fourth-order valence-electron chi connectivity index (χ4n) is 2.40. The largest absolute Gasteiger partial charge is 0.383 e. The average Bonchev–Trinajstić information content (AvgIpc) is 2.92. The molecule has 2 heterocycles. The minimum atomic E-state index is 0.452. The zero-order valence-corrected chi connectivity index (χ0v) is 12.4. The van der Waals surface area contributed by atoms with E-state index in [1.807, 2.05) is 24.3 Å². The molecule has 4 aromatic rings. The Morgan fingerprint density at radius 3 is 2.76 bits per heavy atom. The Labute approximate surface area is 130 Å². The van der Waals surface area contributed by atoms with Gasteiger partial charge < -0.3 is 5.73 Å². The molecular weight excluding hydrogens is 302 g/mol. The van der Waals surface area contributed by atoms with Gasteiger partial charge in [-0.25, -0.2) is 9.97 Å². The quantitative estimate of drug-likeness (QED) is 0.552. The summed E-state index contributed by atoms with van der Waals surface area (Å²) in [6, 6.07) is 13.7. The summed E-state index contributed by atoms with van der Waals surface area (Å²) in [4.78, 5) is 9.08. The summed E-state index contributed by atoms with van der Waals surface area (Å²) >= 11 is 7.68. The van der Waals surface area contributed by atoms with E-state index in [0.717, 1.165) is 21.9 Å². The highest BCUT2D eigenvalue weighted by Gasteiger charge is 2.12. The molecule has 2 aromatic carbocycles. The Morgan fingerprint density at radius 2 is 1.86 bits per heavy atom. The first-order valence-electron chi connectivity index (χ1n) is 6.42. The van der Waals surface area contributed by atoms with E-state index in [9.17, 15) is 0 Å². The van der Waals surface area contributed by atoms with E-state index in [4.69, 9.17) is 17.3 Å². The average molecular weight is 312 g/mol. The van der Waals surface area contributed by atoms with Crippen molar-refractivity contribution in [2.75, 3.05) is 5.73 Å². The predicted octanol–water partition coefficient (Wildman–Crippen LogP) is 4.75. The van der Waals surface area contributed by atoms with Crippen LogP contribution < -0.4 is 5.73 Å². The topological polar surface area (TPSA) is 51.8 Å². The number of fused-ring (bicyclic) bond motifs is 2. The van der Waals surface area contributed by atoms with Crippen LogP contribution in [0.2, 0.25) is 5.02 Å². The molecule has 3 nitrogen and oxygen atoms in total. The molecule has 2 aromatic heterocycles. The van der Waals surface area contributed by atoms with Gasteiger partial charge in [-0.05, 0) is 24.3 Å². The van der Waals surface area contributed by atoms with Gasteiger partial charge in [-0.3, -0.25) is 0 Å². The molecule has 0 radical (unpaired) electrons. The number of aromatic nitrogens is 2. The summed E-state index contributed by atoms with van der Waals surface area (Å²) in [5.74, 6) is 1.10. The minimum Gasteiger partial charge on any atom is -0.383 e. The molecule has 0 saturated heterocycles. The van der Waals surface area contributed by atoms with Gasteiger partial charge in [0.05, 0.1) is 5.52 Å². The fraction of sp³-hybridized carbons (Fsp3) is 0. The summed E-state index contributed by atoms with van der Waals surface area (Å²) < 4.78 is 1.21. The summed E-state index contributed by atoms with van der Waals surface area (Å²) in [6.07, 6.45) is 0. The number of hydrogen-bond donors (Lipinski definition) is 1. The third-order valence-corrected chi connectivity index (χ3v) is 4.61. The van der Waals surface area contributed by atoms with Crippen molar-refractivity contribution in [3.05, 3.63) is 52.9 Å². The molecule has 0 atom stereocenters. The number of nitrogen functional groups attached to an aromatic ring is 1. The Hall–Kier alpha value is -2.17. The molecule has 0 saturated carbocycles. The molecule has 102 valence electrons. The lowest BCUT2D eigenvalue weighted by molar-refractivity contribution is 1.24. The summed E-state index contributed by atoms with van der Waals surface area (Å²) in [5.41, 5.74) is 7.89. The highest BCUT2D eigenvalue weighted by molar-refractivity contribution is 7.17. The van der Waals surface area contributed by atoms with Gasteiger partial charge in [0.2, 0.25) is 0 Å². The van der Waals surface area contributed by atoms with Crippen molar-refractivity contribution in [1.82, 2.24) is 9.97 Å². The number of anilines is 1. The molecule has 0 fully saturated rings. The molecule has 0 amide bonds. The van der Waals surface area contributed by atoms with Crippen molar-refractivity contribution in [3.63, 3.8) is 0 Å². The zero-order chi connectivity index (χ0) is 14.4. The molecule has 0 bridgehead atoms. The maximum atomic E-state index is 6.07. The van der Waals surface area contributed by atoms with Crippen LogP contribution in [0.3, 0.4) is 0 Å². The van der Waals surface area contributed by atoms with E-state index in [2.05, 4.69) is 27.5 Å². The normalized spacial score (nSPS) is 11.3. The second-order valence-electron chi connectivity index (χ2n) is 4.74. The maximum Gasteiger partial charge on any atom is 0.163 e. The summed E-state index contributed by atoms with van der Waals surface area (Å²) in [7, 11) is 0. The van der Waals surface area contributed by atoms with E-state index >= 15 is 0 Å². The van der Waals surface area contributed by atoms with Crippen LogP contribution >= 0.6 is 22.9 Å². The van der Waals surface area contributed by atoms with Crippen molar-refractivity contribution in [3.8, 4) is 11.4 Å². The van der Waals surface area contributed by atoms with Gasteiger partial charge in [0.15, 0.2) is 5.82 Å². The monoisotopic (exact) mass is 311 g/mol. The highest BCUT2D eigenvalue weighted by Crippen LogP contribution is 2.33. The smallest absolute Gasteiger partial charge is 0.163 e. The molecule has 4 rings (SSSR count). The lowest BCUT2D eigenvalue weighted by Crippen LogP contribution is -1.97. The van der Waals surface area contributed by atoms with Crippen molar-refractivity contribution >= 4 is 49.7 Å². The Kier molecular flexibility index (Phi) is 2.80. The minimum absolute atomic E-state index is 0.452. The number of thiophene rings is 1. The molecule has 0 aliphatic carbocycles. The molecule has 0 aliphatic rings. The molecule has 0 unspecified atom stereocenters. The first-order valence-corrected chi connectivity index (χ1v) is 7.67. The van der Waals surface area contributed by atoms with Crippen molar-refractivity contribution in [1.29, 1.82) is 0 Å². The van der Waals surface area contributed by atoms with E-state index in [1.54, 1.807) is 17.4 Å². The molecule has 0 aliphatic heterocycles. The first kappa shape index (κ1) is 12.6. The van der Waals surface area contributed by atoms with Crippen LogP contribution in [0.25, 0.3) is 32.4 Å². The SMILES string of the molecule is Nc1nc(-c2csc3ccccc23)nc2ccc(Cl)cc12. The van der Waals surface area contributed by atoms with E-state index in [1.165, 1.54) is 4.70 Å². The lowest BCUT2D eigenvalue weighted by atomic mass is 10.1. The second-order valence-corrected chi connectivity index (χ2v) is 6.09. The van der Waals surface area contributed by atoms with E-state index < -0.39 is 0 Å². The number of benzene rings is 2. The van der Waals surface area contributed by atoms with Crippen LogP contribution in [0, 0.1) is 0 Å². The second kappa shape index (κ2) is 4.69. The molecule has 21 heavy (non-hydrogen) atoms. The van der Waals surface area contributed by atoms with Crippen molar-refractivity contribution in [2.45, 2.75) is 0 Å². The standard InChI is InChI=1S/C16H10ClN3S/c17-9-5-6-13-11(7-9)15(18)20-16(19-13)12-8-21-14-4-2-1-3-10(12)14/h1-8H,(H2,18,19,20). The Morgan fingerprint density at radius 1 is 1.00 bits per heavy atom. The fourth-order valence-corrected chi connectivity index (χ4v) is 3.51. The van der Waals surface area contributed by atoms with E-state index in [-0.39, 0.29) is 0 Å². The third kappa shape index (κ3) is 2.04. The van der Waals surface area contributed by atoms with E-state index in [0.29, 0.717) is 16.7 Å². The van der Waals surface area contributed by atoms with Gasteiger partial charge in [-0.2, -0.15) is 0 Å². The van der Waals surface area contributed by atoms with Gasteiger partial charge in [-0.15, -0.1) is 11.3 Å². The highest BCUT2D eigenvalue weighted by atomic mass is 35.5. The van der Waals surface area contributed by atoms with Crippen molar-refractivity contribution < 1.29 is 0 Å². The number of rotatable bonds is 1. The van der Waals surface area contributed by atoms with Crippen LogP contribution in [-0.2, 0) is 0 Å². The third-order valence-electron chi connectivity index (χ3n) is 3.41. The van der Waals surface area contributed by atoms with Gasteiger partial charge in [0, 0.05) is 31.4 Å². The van der Waals surface area contributed by atoms with Crippen molar-refractivity contribution in [2.24, 2.45) is 0 Å². The summed E-state index contributed by atoms with van der Waals surface area (Å²) in [6.45, 7) is 0. The van der Waals surface area contributed by atoms with Gasteiger partial charge in [0.25, 0.3) is 0 Å². The Balaban J connectivity index is 2.00. The van der Waals surface area contributed by atoms with Crippen LogP contribution in [0.15, 0.2) is 47.8 Å². The number of nitrogens with zero attached hydrogens (tertiary/aromatic N) is 2. The molecular formula is C16H10ClN3S. The van der Waals surface area contributed by atoms with Crippen LogP contribution in [0.1, 0.15) is 0 Å². The van der Waals surface area contributed by atoms with Gasteiger partial charge >= 0.3 is 0 Å². The van der Waals surface area contributed by atoms with Gasteiger partial charge in [-0.1, -0.05) is 29.8 Å². The predicted molar refractivity (Wildman–Crippen MR) is 89.8 cm³/mol.